The number of hydrogen-bond donors (Lipinski definition) is 3. The zero-order valence-corrected chi connectivity index (χ0v) is 20.9. The van der Waals surface area contributed by atoms with Crippen molar-refractivity contribution in [2.75, 3.05) is 6.61 Å². The molecule has 1 saturated heterocycles. The molecule has 1 fully saturated rings. The molecule has 0 unspecified atom stereocenters. The first-order valence-electron chi connectivity index (χ1n) is 9.90. The van der Waals surface area contributed by atoms with Crippen molar-refractivity contribution in [1.29, 1.82) is 0 Å². The molecule has 17 heteroatoms. The summed E-state index contributed by atoms with van der Waals surface area (Å²) in [6, 6.07) is 1.75. The van der Waals surface area contributed by atoms with Gasteiger partial charge in [0.05, 0.1) is 12.8 Å². The lowest BCUT2D eigenvalue weighted by molar-refractivity contribution is -0.176. The molecule has 0 aliphatic carbocycles. The van der Waals surface area contributed by atoms with Gasteiger partial charge in [0.1, 0.15) is 35.5 Å². The number of thioether (sulfide) groups is 1. The molecule has 4 rings (SSSR count). The van der Waals surface area contributed by atoms with Crippen LogP contribution in [0.5, 0.6) is 0 Å². The Morgan fingerprint density at radius 2 is 1.83 bits per heavy atom. The second-order valence-corrected chi connectivity index (χ2v) is 10.7. The minimum absolute atomic E-state index is 0.107. The average Bonchev–Trinajstić information content (AvgIpc) is 3.27. The Balaban J connectivity index is 1.66. The molecule has 0 bridgehead atoms. The number of benzene rings is 1. The number of aromatic nitrogens is 4. The van der Waals surface area contributed by atoms with Gasteiger partial charge in [-0.3, -0.25) is 9.54 Å². The van der Waals surface area contributed by atoms with Gasteiger partial charge >= 0.3 is 10.4 Å². The number of rotatable bonds is 7. The minimum atomic E-state index is -4.88. The van der Waals surface area contributed by atoms with Crippen molar-refractivity contribution in [3.8, 4) is 11.3 Å². The van der Waals surface area contributed by atoms with Gasteiger partial charge in [0.15, 0.2) is 17.5 Å². The summed E-state index contributed by atoms with van der Waals surface area (Å²) >= 11 is 4.25. The van der Waals surface area contributed by atoms with Gasteiger partial charge in [0.2, 0.25) is 0 Å². The summed E-state index contributed by atoms with van der Waals surface area (Å²) in [7, 11) is -4.88. The summed E-state index contributed by atoms with van der Waals surface area (Å²) in [4.78, 5) is 4.54. The Bertz CT molecular complexity index is 1340. The normalized spacial score (nSPS) is 24.7. The SMILES string of the molecule is O=S(=O)(O)OC[C@H]1O[C@H](Sc2cncc(Br)c2)[C@H](O)[C@@H](n2cc(-c3cc(F)c(F)c(F)c3)nn2)[C@H]1O. The first-order valence-corrected chi connectivity index (χ1v) is 12.9. The highest BCUT2D eigenvalue weighted by atomic mass is 79.9. The highest BCUT2D eigenvalue weighted by Gasteiger charge is 2.47. The van der Waals surface area contributed by atoms with Crippen LogP contribution in [0.15, 0.2) is 46.2 Å². The van der Waals surface area contributed by atoms with Gasteiger partial charge in [0.25, 0.3) is 0 Å². The summed E-state index contributed by atoms with van der Waals surface area (Å²) in [6.07, 6.45) is -0.364. The second-order valence-electron chi connectivity index (χ2n) is 7.52. The van der Waals surface area contributed by atoms with E-state index in [2.05, 4.69) is 35.4 Å². The summed E-state index contributed by atoms with van der Waals surface area (Å²) < 4.78 is 83.3. The van der Waals surface area contributed by atoms with E-state index in [1.54, 1.807) is 6.07 Å². The van der Waals surface area contributed by atoms with E-state index in [0.717, 1.165) is 22.6 Å². The standard InChI is InChI=1S/C19H16BrF3N4O7S2/c20-9-3-10(5-24-4-9)35-19-18(29)16(17(28)14(34-19)7-33-36(30,31)32)27-6-13(25-26-27)8-1-11(21)15(23)12(22)2-8/h1-6,14,16-19,28-29H,7H2,(H,30,31,32)/t14-,16+,17+,18-,19-/m1/s1. The van der Waals surface area contributed by atoms with E-state index < -0.39 is 64.2 Å². The second kappa shape index (κ2) is 10.7. The molecule has 2 aromatic heterocycles. The Morgan fingerprint density at radius 1 is 1.14 bits per heavy atom. The predicted octanol–water partition coefficient (Wildman–Crippen LogP) is 2.12. The van der Waals surface area contributed by atoms with E-state index in [1.807, 2.05) is 0 Å². The van der Waals surface area contributed by atoms with Crippen LogP contribution in [0.3, 0.4) is 0 Å². The fourth-order valence-corrected chi connectivity index (χ4v) is 5.37. The molecule has 194 valence electrons. The van der Waals surface area contributed by atoms with Crippen LogP contribution in [0.1, 0.15) is 6.04 Å². The van der Waals surface area contributed by atoms with E-state index in [-0.39, 0.29) is 11.3 Å². The predicted molar refractivity (Wildman–Crippen MR) is 120 cm³/mol. The first-order chi connectivity index (χ1) is 16.9. The van der Waals surface area contributed by atoms with Crippen molar-refractivity contribution < 1.29 is 45.3 Å². The quantitative estimate of drug-likeness (QED) is 0.265. The Kier molecular flexibility index (Phi) is 8.01. The van der Waals surface area contributed by atoms with E-state index in [4.69, 9.17) is 9.29 Å². The van der Waals surface area contributed by atoms with Gasteiger partial charge in [-0.15, -0.1) is 5.10 Å². The summed E-state index contributed by atoms with van der Waals surface area (Å²) in [6.45, 7) is -0.813. The summed E-state index contributed by atoms with van der Waals surface area (Å²) in [5.41, 5.74) is -1.39. The fourth-order valence-electron chi connectivity index (χ4n) is 3.47. The van der Waals surface area contributed by atoms with Crippen molar-refractivity contribution in [2.45, 2.75) is 34.7 Å². The minimum Gasteiger partial charge on any atom is -0.388 e. The zero-order chi connectivity index (χ0) is 26.2. The van der Waals surface area contributed by atoms with Crippen LogP contribution >= 0.6 is 27.7 Å². The van der Waals surface area contributed by atoms with Gasteiger partial charge in [0, 0.05) is 27.3 Å². The van der Waals surface area contributed by atoms with Gasteiger partial charge in [-0.1, -0.05) is 17.0 Å². The van der Waals surface area contributed by atoms with Crippen LogP contribution in [0.2, 0.25) is 0 Å². The molecule has 0 saturated carbocycles. The highest BCUT2D eigenvalue weighted by Crippen LogP contribution is 2.39. The Morgan fingerprint density at radius 3 is 2.47 bits per heavy atom. The summed E-state index contributed by atoms with van der Waals surface area (Å²) in [5, 5.41) is 29.5. The van der Waals surface area contributed by atoms with Crippen molar-refractivity contribution in [3.05, 3.63) is 58.7 Å². The van der Waals surface area contributed by atoms with E-state index in [9.17, 15) is 31.8 Å². The highest BCUT2D eigenvalue weighted by molar-refractivity contribution is 9.10. The lowest BCUT2D eigenvalue weighted by Crippen LogP contribution is -2.55. The van der Waals surface area contributed by atoms with Crippen molar-refractivity contribution in [1.82, 2.24) is 20.0 Å². The lowest BCUT2D eigenvalue weighted by Gasteiger charge is -2.42. The number of halogens is 4. The zero-order valence-electron chi connectivity index (χ0n) is 17.6. The van der Waals surface area contributed by atoms with Gasteiger partial charge < -0.3 is 14.9 Å². The molecule has 1 aromatic carbocycles. The van der Waals surface area contributed by atoms with Crippen LogP contribution in [0, 0.1) is 17.5 Å². The maximum atomic E-state index is 13.7. The Labute approximate surface area is 214 Å². The number of pyridine rings is 1. The lowest BCUT2D eigenvalue weighted by atomic mass is 9.97. The number of hydrogen-bond acceptors (Lipinski definition) is 10. The number of nitrogens with zero attached hydrogens (tertiary/aromatic N) is 4. The fraction of sp³-hybridized carbons (Fsp3) is 0.316. The maximum Gasteiger partial charge on any atom is 0.397 e. The number of aliphatic hydroxyl groups is 2. The van der Waals surface area contributed by atoms with Crippen molar-refractivity contribution in [2.24, 2.45) is 0 Å². The van der Waals surface area contributed by atoms with E-state index in [1.165, 1.54) is 12.4 Å². The third kappa shape index (κ3) is 6.05. The maximum absolute atomic E-state index is 13.7. The molecule has 1 aliphatic heterocycles. The Hall–Kier alpha value is -2.12. The smallest absolute Gasteiger partial charge is 0.388 e. The molecule has 11 nitrogen and oxygen atoms in total. The van der Waals surface area contributed by atoms with Crippen LogP contribution in [0.25, 0.3) is 11.3 Å². The molecule has 3 aromatic rings. The molecule has 3 N–H and O–H groups in total. The van der Waals surface area contributed by atoms with E-state index >= 15 is 0 Å². The van der Waals surface area contributed by atoms with Crippen LogP contribution < -0.4 is 0 Å². The van der Waals surface area contributed by atoms with Crippen molar-refractivity contribution in [3.63, 3.8) is 0 Å². The van der Waals surface area contributed by atoms with Gasteiger partial charge in [-0.2, -0.15) is 8.42 Å². The molecule has 5 atom stereocenters. The van der Waals surface area contributed by atoms with Crippen LogP contribution in [-0.4, -0.2) is 73.5 Å². The average molecular weight is 613 g/mol. The molecule has 0 radical (unpaired) electrons. The molecular weight excluding hydrogens is 597 g/mol. The van der Waals surface area contributed by atoms with Crippen LogP contribution in [-0.2, 0) is 19.3 Å². The molecule has 36 heavy (non-hydrogen) atoms. The van der Waals surface area contributed by atoms with Gasteiger partial charge in [-0.05, 0) is 34.1 Å². The van der Waals surface area contributed by atoms with Gasteiger partial charge in [-0.25, -0.2) is 22.0 Å². The topological polar surface area (TPSA) is 157 Å². The van der Waals surface area contributed by atoms with Crippen LogP contribution in [0.4, 0.5) is 13.2 Å². The first kappa shape index (κ1) is 26.9. The van der Waals surface area contributed by atoms with Crippen molar-refractivity contribution >= 4 is 38.1 Å². The molecule has 0 amide bonds. The third-order valence-electron chi connectivity index (χ3n) is 5.08. The number of aliphatic hydroxyl groups excluding tert-OH is 2. The third-order valence-corrected chi connectivity index (χ3v) is 7.06. The van der Waals surface area contributed by atoms with E-state index in [0.29, 0.717) is 21.5 Å². The summed E-state index contributed by atoms with van der Waals surface area (Å²) in [5.74, 6) is -4.57. The molecule has 1 aliphatic rings. The largest absolute Gasteiger partial charge is 0.397 e. The monoisotopic (exact) mass is 612 g/mol. The molecular formula is C19H16BrF3N4O7S2. The molecule has 3 heterocycles. The molecule has 0 spiro atoms. The number of ether oxygens (including phenoxy) is 1.